The highest BCUT2D eigenvalue weighted by Gasteiger charge is 2.33. The van der Waals surface area contributed by atoms with Crippen LogP contribution in [0.5, 0.6) is 0 Å². The second-order valence-corrected chi connectivity index (χ2v) is 8.66. The zero-order valence-electron chi connectivity index (χ0n) is 16.7. The fraction of sp³-hybridized carbons (Fsp3) is 0.550. The number of aliphatic hydroxyl groups excluding tert-OH is 1. The number of β-amino-alcohol motifs (C(OH)–C–C–N with tert-alkyl or cyclic N) is 1. The highest BCUT2D eigenvalue weighted by Crippen LogP contribution is 2.20. The summed E-state index contributed by atoms with van der Waals surface area (Å²) in [5.74, 6) is -2.38. The highest BCUT2D eigenvalue weighted by molar-refractivity contribution is 8.00. The summed E-state index contributed by atoms with van der Waals surface area (Å²) in [6.45, 7) is 4.40. The van der Waals surface area contributed by atoms with Gasteiger partial charge in [-0.25, -0.2) is 4.39 Å². The Kier molecular flexibility index (Phi) is 8.45. The first-order chi connectivity index (χ1) is 13.7. The van der Waals surface area contributed by atoms with E-state index >= 15 is 0 Å². The van der Waals surface area contributed by atoms with Crippen LogP contribution in [0, 0.1) is 17.7 Å². The molecule has 0 aliphatic carbocycles. The fourth-order valence-corrected chi connectivity index (χ4v) is 4.08. The van der Waals surface area contributed by atoms with Gasteiger partial charge >= 0.3 is 0 Å². The van der Waals surface area contributed by atoms with E-state index in [9.17, 15) is 23.9 Å². The van der Waals surface area contributed by atoms with Gasteiger partial charge in [0.2, 0.25) is 17.7 Å². The van der Waals surface area contributed by atoms with Gasteiger partial charge in [0, 0.05) is 31.1 Å². The number of benzene rings is 1. The van der Waals surface area contributed by atoms with E-state index in [1.165, 1.54) is 33.7 Å². The molecule has 1 fully saturated rings. The minimum absolute atomic E-state index is 0.0432. The SMILES string of the molecule is CC(C)CC(C(N)=O)C(=O)N1CCN(C(=O)CSc2cccc(F)c2)CC(O)C1. The van der Waals surface area contributed by atoms with Gasteiger partial charge in [0.25, 0.3) is 0 Å². The van der Waals surface area contributed by atoms with Gasteiger partial charge in [0.05, 0.1) is 11.9 Å². The molecule has 0 radical (unpaired) electrons. The summed E-state index contributed by atoms with van der Waals surface area (Å²) in [6, 6.07) is 5.99. The van der Waals surface area contributed by atoms with Gasteiger partial charge in [-0.05, 0) is 30.5 Å². The molecule has 9 heteroatoms. The number of primary amides is 1. The van der Waals surface area contributed by atoms with E-state index in [1.54, 1.807) is 12.1 Å². The van der Waals surface area contributed by atoms with Crippen molar-refractivity contribution >= 4 is 29.5 Å². The molecule has 2 atom stereocenters. The average molecular weight is 426 g/mol. The van der Waals surface area contributed by atoms with Crippen LogP contribution in [0.25, 0.3) is 0 Å². The Morgan fingerprint density at radius 2 is 1.90 bits per heavy atom. The molecule has 0 spiro atoms. The van der Waals surface area contributed by atoms with Gasteiger partial charge in [0.15, 0.2) is 0 Å². The van der Waals surface area contributed by atoms with Crippen LogP contribution < -0.4 is 5.73 Å². The van der Waals surface area contributed by atoms with E-state index in [1.807, 2.05) is 13.8 Å². The van der Waals surface area contributed by atoms with Crippen molar-refractivity contribution in [2.24, 2.45) is 17.6 Å². The first kappa shape index (κ1) is 23.2. The number of hydrogen-bond acceptors (Lipinski definition) is 5. The van der Waals surface area contributed by atoms with Crippen LogP contribution in [0.2, 0.25) is 0 Å². The molecule has 7 nitrogen and oxygen atoms in total. The molecule has 1 aliphatic rings. The third kappa shape index (κ3) is 7.01. The lowest BCUT2D eigenvalue weighted by atomic mass is 9.95. The Morgan fingerprint density at radius 1 is 1.24 bits per heavy atom. The van der Waals surface area contributed by atoms with E-state index in [-0.39, 0.29) is 49.6 Å². The first-order valence-electron chi connectivity index (χ1n) is 9.59. The monoisotopic (exact) mass is 425 g/mol. The normalized spacial score (nSPS) is 18.4. The van der Waals surface area contributed by atoms with Crippen LogP contribution in [0.3, 0.4) is 0 Å². The number of thioether (sulfide) groups is 1. The number of aliphatic hydroxyl groups is 1. The van der Waals surface area contributed by atoms with Crippen LogP contribution >= 0.6 is 11.8 Å². The molecule has 160 valence electrons. The maximum absolute atomic E-state index is 13.3. The second-order valence-electron chi connectivity index (χ2n) is 7.61. The summed E-state index contributed by atoms with van der Waals surface area (Å²) >= 11 is 1.21. The van der Waals surface area contributed by atoms with Gasteiger partial charge in [0.1, 0.15) is 11.7 Å². The predicted octanol–water partition coefficient (Wildman–Crippen LogP) is 1.10. The first-order valence-corrected chi connectivity index (χ1v) is 10.6. The van der Waals surface area contributed by atoms with Crippen LogP contribution in [0.15, 0.2) is 29.2 Å². The largest absolute Gasteiger partial charge is 0.389 e. The summed E-state index contributed by atoms with van der Waals surface area (Å²) in [7, 11) is 0. The third-order valence-electron chi connectivity index (χ3n) is 4.67. The quantitative estimate of drug-likeness (QED) is 0.503. The molecule has 1 aromatic rings. The zero-order valence-corrected chi connectivity index (χ0v) is 17.5. The molecule has 3 amide bonds. The molecular weight excluding hydrogens is 397 g/mol. The smallest absolute Gasteiger partial charge is 0.235 e. The third-order valence-corrected chi connectivity index (χ3v) is 5.65. The standard InChI is InChI=1S/C20H28FN3O4S/c1-13(2)8-17(19(22)27)20(28)24-7-6-23(10-15(25)11-24)18(26)12-29-16-5-3-4-14(21)9-16/h3-5,9,13,15,17,25H,6-8,10-12H2,1-2H3,(H2,22,27). The molecule has 29 heavy (non-hydrogen) atoms. The van der Waals surface area contributed by atoms with Crippen molar-refractivity contribution < 1.29 is 23.9 Å². The summed E-state index contributed by atoms with van der Waals surface area (Å²) in [4.78, 5) is 40.6. The molecule has 0 bridgehead atoms. The number of hydrogen-bond donors (Lipinski definition) is 2. The number of carbonyl (C=O) groups is 3. The minimum Gasteiger partial charge on any atom is -0.389 e. The maximum atomic E-state index is 13.3. The maximum Gasteiger partial charge on any atom is 0.235 e. The molecule has 1 heterocycles. The van der Waals surface area contributed by atoms with Crippen LogP contribution in [-0.2, 0) is 14.4 Å². The molecule has 3 N–H and O–H groups in total. The lowest BCUT2D eigenvalue weighted by Crippen LogP contribution is -2.45. The Hall–Kier alpha value is -2.13. The summed E-state index contributed by atoms with van der Waals surface area (Å²) < 4.78 is 13.3. The second kappa shape index (κ2) is 10.6. The van der Waals surface area contributed by atoms with Crippen molar-refractivity contribution in [2.45, 2.75) is 31.3 Å². The van der Waals surface area contributed by atoms with E-state index in [2.05, 4.69) is 0 Å². The molecule has 0 saturated carbocycles. The lowest BCUT2D eigenvalue weighted by Gasteiger charge is -2.26. The molecule has 1 saturated heterocycles. The zero-order chi connectivity index (χ0) is 21.6. The van der Waals surface area contributed by atoms with Crippen LogP contribution in [0.4, 0.5) is 4.39 Å². The van der Waals surface area contributed by atoms with Crippen molar-refractivity contribution in [3.8, 4) is 0 Å². The lowest BCUT2D eigenvalue weighted by molar-refractivity contribution is -0.142. The number of amides is 3. The van der Waals surface area contributed by atoms with Gasteiger partial charge in [-0.3, -0.25) is 14.4 Å². The average Bonchev–Trinajstić information content (AvgIpc) is 2.85. The van der Waals surface area contributed by atoms with Crippen molar-refractivity contribution in [3.05, 3.63) is 30.1 Å². The van der Waals surface area contributed by atoms with Gasteiger partial charge in [-0.1, -0.05) is 19.9 Å². The van der Waals surface area contributed by atoms with Gasteiger partial charge in [-0.15, -0.1) is 11.8 Å². The molecule has 1 aromatic carbocycles. The van der Waals surface area contributed by atoms with E-state index < -0.39 is 23.8 Å². The predicted molar refractivity (Wildman–Crippen MR) is 108 cm³/mol. The number of nitrogens with zero attached hydrogens (tertiary/aromatic N) is 2. The van der Waals surface area contributed by atoms with Gasteiger partial charge < -0.3 is 20.6 Å². The van der Waals surface area contributed by atoms with Crippen LogP contribution in [0.1, 0.15) is 20.3 Å². The number of carbonyl (C=O) groups excluding carboxylic acids is 3. The molecule has 1 aliphatic heterocycles. The fourth-order valence-electron chi connectivity index (χ4n) is 3.24. The van der Waals surface area contributed by atoms with E-state index in [0.717, 1.165) is 0 Å². The Labute approximate surface area is 174 Å². The summed E-state index contributed by atoms with van der Waals surface area (Å²) in [5, 5.41) is 10.3. The summed E-state index contributed by atoms with van der Waals surface area (Å²) in [6.07, 6.45) is -0.578. The van der Waals surface area contributed by atoms with E-state index in [4.69, 9.17) is 5.73 Å². The minimum atomic E-state index is -0.937. The number of nitrogens with two attached hydrogens (primary N) is 1. The Bertz CT molecular complexity index is 746. The van der Waals surface area contributed by atoms with Crippen LogP contribution in [-0.4, -0.2) is 70.7 Å². The highest BCUT2D eigenvalue weighted by atomic mass is 32.2. The van der Waals surface area contributed by atoms with Gasteiger partial charge in [-0.2, -0.15) is 0 Å². The topological polar surface area (TPSA) is 104 Å². The van der Waals surface area contributed by atoms with Crippen molar-refractivity contribution in [3.63, 3.8) is 0 Å². The molecule has 0 aromatic heterocycles. The Balaban J connectivity index is 1.97. The summed E-state index contributed by atoms with van der Waals surface area (Å²) in [5.41, 5.74) is 5.40. The molecule has 2 rings (SSSR count). The van der Waals surface area contributed by atoms with E-state index in [0.29, 0.717) is 11.3 Å². The number of rotatable bonds is 7. The Morgan fingerprint density at radius 3 is 2.52 bits per heavy atom. The van der Waals surface area contributed by atoms with Crippen molar-refractivity contribution in [1.82, 2.24) is 9.80 Å². The molecule has 2 unspecified atom stereocenters. The number of halogens is 1. The molecular formula is C20H28FN3O4S. The van der Waals surface area contributed by atoms with Crippen molar-refractivity contribution in [1.29, 1.82) is 0 Å². The van der Waals surface area contributed by atoms with Crippen molar-refractivity contribution in [2.75, 3.05) is 31.9 Å².